The van der Waals surface area contributed by atoms with Gasteiger partial charge in [0.2, 0.25) is 0 Å². The Hall–Kier alpha value is -0.190. The molecule has 0 atom stereocenters. The fourth-order valence-electron chi connectivity index (χ4n) is 0.778. The molecule has 0 saturated carbocycles. The smallest absolute Gasteiger partial charge is 0.107 e. The molecule has 1 aromatic heterocycles. The van der Waals surface area contributed by atoms with Crippen molar-refractivity contribution in [1.82, 2.24) is 9.59 Å². The minimum absolute atomic E-state index is 0.698. The molecule has 0 aliphatic heterocycles. The fourth-order valence-corrected chi connectivity index (χ4v) is 1.92. The van der Waals surface area contributed by atoms with Gasteiger partial charge in [-0.25, -0.2) is 0 Å². The Morgan fingerprint density at radius 2 is 2.27 bits per heavy atom. The maximum atomic E-state index is 5.85. The van der Waals surface area contributed by atoms with Gasteiger partial charge in [-0.2, -0.15) is 0 Å². The number of benzene rings is 1. The largest absolute Gasteiger partial charge is 0.138 e. The van der Waals surface area contributed by atoms with E-state index in [2.05, 4.69) is 25.5 Å². The minimum Gasteiger partial charge on any atom is -0.138 e. The van der Waals surface area contributed by atoms with Crippen LogP contribution in [0.3, 0.4) is 0 Å². The Bertz CT molecular complexity index is 364. The van der Waals surface area contributed by atoms with Gasteiger partial charge in [0.25, 0.3) is 0 Å². The van der Waals surface area contributed by atoms with E-state index in [1.54, 1.807) is 0 Å². The van der Waals surface area contributed by atoms with Crippen LogP contribution < -0.4 is 0 Å². The lowest BCUT2D eigenvalue weighted by atomic mass is 10.3. The molecule has 0 saturated heterocycles. The second-order valence-electron chi connectivity index (χ2n) is 2.01. The van der Waals surface area contributed by atoms with E-state index < -0.39 is 0 Å². The second-order valence-corrected chi connectivity index (χ2v) is 4.05. The van der Waals surface area contributed by atoms with Crippen molar-refractivity contribution in [1.29, 1.82) is 0 Å². The Balaban J connectivity index is 2.86. The van der Waals surface area contributed by atoms with Gasteiger partial charge < -0.3 is 0 Å². The van der Waals surface area contributed by atoms with Crippen molar-refractivity contribution in [2.24, 2.45) is 0 Å². The van der Waals surface area contributed by atoms with Gasteiger partial charge in [0.15, 0.2) is 0 Å². The molecule has 2 nitrogen and oxygen atoms in total. The third kappa shape index (κ3) is 1.26. The quantitative estimate of drug-likeness (QED) is 0.717. The van der Waals surface area contributed by atoms with Gasteiger partial charge in [-0.15, -0.1) is 5.10 Å². The van der Waals surface area contributed by atoms with Crippen molar-refractivity contribution in [3.63, 3.8) is 0 Å². The maximum Gasteiger partial charge on any atom is 0.107 e. The summed E-state index contributed by atoms with van der Waals surface area (Å²) in [6, 6.07) is 3.72. The second kappa shape index (κ2) is 2.69. The SMILES string of the molecule is Clc1cc2snnc2cc1Br. The van der Waals surface area contributed by atoms with Crippen LogP contribution in [0.25, 0.3) is 10.2 Å². The highest BCUT2D eigenvalue weighted by atomic mass is 79.9. The molecule has 0 amide bonds. The number of aromatic nitrogens is 2. The molecule has 2 aromatic rings. The van der Waals surface area contributed by atoms with E-state index in [-0.39, 0.29) is 0 Å². The predicted molar refractivity (Wildman–Crippen MR) is 50.1 cm³/mol. The first-order valence-electron chi connectivity index (χ1n) is 2.84. The van der Waals surface area contributed by atoms with Crippen molar-refractivity contribution < 1.29 is 0 Å². The van der Waals surface area contributed by atoms with Crippen LogP contribution in [-0.2, 0) is 0 Å². The number of hydrogen-bond acceptors (Lipinski definition) is 3. The van der Waals surface area contributed by atoms with Crippen molar-refractivity contribution in [2.45, 2.75) is 0 Å². The summed E-state index contributed by atoms with van der Waals surface area (Å²) >= 11 is 10.5. The van der Waals surface area contributed by atoms with Crippen LogP contribution in [0.1, 0.15) is 0 Å². The molecule has 56 valence electrons. The standard InChI is InChI=1S/C6H2BrClN2S/c7-3-1-5-6(2-4(3)8)11-10-9-5/h1-2H. The molecular formula is C6H2BrClN2S. The van der Waals surface area contributed by atoms with E-state index in [1.165, 1.54) is 11.5 Å². The van der Waals surface area contributed by atoms with E-state index in [9.17, 15) is 0 Å². The summed E-state index contributed by atoms with van der Waals surface area (Å²) in [7, 11) is 0. The summed E-state index contributed by atoms with van der Waals surface area (Å²) < 4.78 is 5.67. The average molecular weight is 250 g/mol. The van der Waals surface area contributed by atoms with Crippen molar-refractivity contribution in [2.75, 3.05) is 0 Å². The highest BCUT2D eigenvalue weighted by Gasteiger charge is 2.02. The Labute approximate surface area is 80.5 Å². The summed E-state index contributed by atoms with van der Waals surface area (Å²) in [4.78, 5) is 0. The first-order chi connectivity index (χ1) is 5.27. The zero-order valence-electron chi connectivity index (χ0n) is 5.21. The first-order valence-corrected chi connectivity index (χ1v) is 4.79. The van der Waals surface area contributed by atoms with Crippen molar-refractivity contribution in [3.8, 4) is 0 Å². The third-order valence-corrected chi connectivity index (χ3v) is 3.17. The molecule has 0 spiro atoms. The molecular weight excluding hydrogens is 248 g/mol. The Kier molecular flexibility index (Phi) is 1.83. The molecule has 0 radical (unpaired) electrons. The highest BCUT2D eigenvalue weighted by molar-refractivity contribution is 9.10. The van der Waals surface area contributed by atoms with Gasteiger partial charge in [-0.1, -0.05) is 16.1 Å². The molecule has 0 bridgehead atoms. The number of hydrogen-bond donors (Lipinski definition) is 0. The fraction of sp³-hybridized carbons (Fsp3) is 0. The molecule has 0 fully saturated rings. The molecule has 1 aromatic carbocycles. The highest BCUT2D eigenvalue weighted by Crippen LogP contribution is 2.28. The molecule has 2 rings (SSSR count). The van der Waals surface area contributed by atoms with Crippen LogP contribution in [0.5, 0.6) is 0 Å². The molecule has 0 aliphatic carbocycles. The normalized spacial score (nSPS) is 10.7. The predicted octanol–water partition coefficient (Wildman–Crippen LogP) is 3.11. The number of halogens is 2. The summed E-state index contributed by atoms with van der Waals surface area (Å²) in [5, 5.41) is 4.60. The van der Waals surface area contributed by atoms with Crippen LogP contribution in [-0.4, -0.2) is 9.59 Å². The van der Waals surface area contributed by atoms with Crippen molar-refractivity contribution in [3.05, 3.63) is 21.6 Å². The van der Waals surface area contributed by atoms with Gasteiger partial charge in [0.1, 0.15) is 5.52 Å². The van der Waals surface area contributed by atoms with Crippen LogP contribution >= 0.6 is 39.1 Å². The van der Waals surface area contributed by atoms with Gasteiger partial charge >= 0.3 is 0 Å². The Morgan fingerprint density at radius 1 is 1.45 bits per heavy atom. The van der Waals surface area contributed by atoms with E-state index in [0.29, 0.717) is 5.02 Å². The topological polar surface area (TPSA) is 25.8 Å². The lowest BCUT2D eigenvalue weighted by molar-refractivity contribution is 1.20. The minimum atomic E-state index is 0.698. The van der Waals surface area contributed by atoms with E-state index in [1.807, 2.05) is 12.1 Å². The molecule has 11 heavy (non-hydrogen) atoms. The van der Waals surface area contributed by atoms with Crippen LogP contribution in [0, 0.1) is 0 Å². The summed E-state index contributed by atoms with van der Waals surface area (Å²) in [5.74, 6) is 0. The summed E-state index contributed by atoms with van der Waals surface area (Å²) in [5.41, 5.74) is 0.881. The van der Waals surface area contributed by atoms with E-state index >= 15 is 0 Å². The van der Waals surface area contributed by atoms with Crippen LogP contribution in [0.15, 0.2) is 16.6 Å². The lowest BCUT2D eigenvalue weighted by Gasteiger charge is -1.92. The van der Waals surface area contributed by atoms with Crippen LogP contribution in [0.2, 0.25) is 5.02 Å². The number of rotatable bonds is 0. The van der Waals surface area contributed by atoms with Crippen LogP contribution in [0.4, 0.5) is 0 Å². The summed E-state index contributed by atoms with van der Waals surface area (Å²) in [6.07, 6.45) is 0. The van der Waals surface area contributed by atoms with Gasteiger partial charge in [-0.3, -0.25) is 0 Å². The van der Waals surface area contributed by atoms with Gasteiger partial charge in [0, 0.05) is 4.47 Å². The third-order valence-electron chi connectivity index (χ3n) is 1.29. The summed E-state index contributed by atoms with van der Waals surface area (Å²) in [6.45, 7) is 0. The number of nitrogens with zero attached hydrogens (tertiary/aromatic N) is 2. The first kappa shape index (κ1) is 7.46. The monoisotopic (exact) mass is 248 g/mol. The molecule has 0 aliphatic rings. The number of fused-ring (bicyclic) bond motifs is 1. The van der Waals surface area contributed by atoms with E-state index in [4.69, 9.17) is 11.6 Å². The van der Waals surface area contributed by atoms with Gasteiger partial charge in [0.05, 0.1) is 9.72 Å². The Morgan fingerprint density at radius 3 is 3.09 bits per heavy atom. The molecule has 0 unspecified atom stereocenters. The maximum absolute atomic E-state index is 5.85. The van der Waals surface area contributed by atoms with Crippen molar-refractivity contribution >= 4 is 49.3 Å². The lowest BCUT2D eigenvalue weighted by Crippen LogP contribution is -1.70. The molecule has 0 N–H and O–H groups in total. The zero-order valence-corrected chi connectivity index (χ0v) is 8.37. The average Bonchev–Trinajstić information content (AvgIpc) is 2.36. The van der Waals surface area contributed by atoms with E-state index in [0.717, 1.165) is 14.7 Å². The van der Waals surface area contributed by atoms with Gasteiger partial charge in [-0.05, 0) is 39.6 Å². The zero-order chi connectivity index (χ0) is 7.84. The molecule has 1 heterocycles. The molecule has 5 heteroatoms.